The maximum atomic E-state index is 12.3. The molecular weight excluding hydrogens is 328 g/mol. The molecule has 1 fully saturated rings. The van der Waals surface area contributed by atoms with Crippen molar-refractivity contribution in [2.45, 2.75) is 24.0 Å². The third-order valence-corrected chi connectivity index (χ3v) is 5.27. The van der Waals surface area contributed by atoms with Gasteiger partial charge in [-0.1, -0.05) is 48.0 Å². The minimum absolute atomic E-state index is 0.0227. The molecule has 1 aliphatic heterocycles. The van der Waals surface area contributed by atoms with Gasteiger partial charge in [-0.15, -0.1) is 0 Å². The van der Waals surface area contributed by atoms with E-state index in [4.69, 9.17) is 13.7 Å². The summed E-state index contributed by atoms with van der Waals surface area (Å²) < 4.78 is 41.2. The fourth-order valence-electron chi connectivity index (χ4n) is 2.66. The van der Waals surface area contributed by atoms with Crippen LogP contribution < -0.4 is 0 Å². The number of ether oxygens (including phenoxy) is 2. The van der Waals surface area contributed by atoms with E-state index in [1.54, 1.807) is 24.3 Å². The van der Waals surface area contributed by atoms with Crippen LogP contribution >= 0.6 is 0 Å². The molecule has 1 heterocycles. The zero-order valence-corrected chi connectivity index (χ0v) is 14.3. The number of hydrogen-bond acceptors (Lipinski definition) is 5. The van der Waals surface area contributed by atoms with Crippen molar-refractivity contribution in [2.75, 3.05) is 19.8 Å². The standard InChI is InChI=1S/C18H20O5S/c1-15-7-9-17(10-8-15)24(19,20)23-12-11-18(21-13-14-22-18)16-5-3-2-4-6-16/h2-10H,11-14H2,1H3. The predicted octanol–water partition coefficient (Wildman–Crippen LogP) is 2.99. The molecule has 24 heavy (non-hydrogen) atoms. The second kappa shape index (κ2) is 7.03. The van der Waals surface area contributed by atoms with E-state index in [1.807, 2.05) is 37.3 Å². The highest BCUT2D eigenvalue weighted by atomic mass is 32.2. The predicted molar refractivity (Wildman–Crippen MR) is 89.0 cm³/mol. The van der Waals surface area contributed by atoms with Gasteiger partial charge in [-0.25, -0.2) is 0 Å². The first-order valence-corrected chi connectivity index (χ1v) is 9.22. The van der Waals surface area contributed by atoms with Crippen LogP contribution in [0.25, 0.3) is 0 Å². The van der Waals surface area contributed by atoms with E-state index in [0.717, 1.165) is 11.1 Å². The normalized spacial score (nSPS) is 17.0. The van der Waals surface area contributed by atoms with E-state index in [9.17, 15) is 8.42 Å². The summed E-state index contributed by atoms with van der Waals surface area (Å²) in [4.78, 5) is 0.148. The zero-order chi connectivity index (χ0) is 17.0. The Balaban J connectivity index is 1.69. The van der Waals surface area contributed by atoms with Gasteiger partial charge >= 0.3 is 0 Å². The Morgan fingerprint density at radius 1 is 1.00 bits per heavy atom. The summed E-state index contributed by atoms with van der Waals surface area (Å²) in [5, 5.41) is 0. The molecule has 0 amide bonds. The molecule has 3 rings (SSSR count). The Kier molecular flexibility index (Phi) is 5.01. The lowest BCUT2D eigenvalue weighted by Gasteiger charge is -2.27. The summed E-state index contributed by atoms with van der Waals surface area (Å²) in [5.74, 6) is -0.940. The van der Waals surface area contributed by atoms with Gasteiger partial charge in [0.15, 0.2) is 5.79 Å². The quantitative estimate of drug-likeness (QED) is 0.751. The van der Waals surface area contributed by atoms with Crippen molar-refractivity contribution >= 4 is 10.1 Å². The topological polar surface area (TPSA) is 61.8 Å². The van der Waals surface area contributed by atoms with Crippen LogP contribution in [-0.4, -0.2) is 28.2 Å². The third-order valence-electron chi connectivity index (χ3n) is 3.95. The molecule has 0 aromatic heterocycles. The number of rotatable bonds is 6. The molecule has 0 unspecified atom stereocenters. The molecule has 128 valence electrons. The van der Waals surface area contributed by atoms with Gasteiger partial charge in [0, 0.05) is 12.0 Å². The maximum Gasteiger partial charge on any atom is 0.296 e. The summed E-state index contributed by atoms with van der Waals surface area (Å²) in [6.07, 6.45) is 0.294. The average molecular weight is 348 g/mol. The maximum absolute atomic E-state index is 12.3. The van der Waals surface area contributed by atoms with Gasteiger partial charge in [-0.3, -0.25) is 4.18 Å². The Morgan fingerprint density at radius 3 is 2.25 bits per heavy atom. The highest BCUT2D eigenvalue weighted by molar-refractivity contribution is 7.86. The lowest BCUT2D eigenvalue weighted by Crippen LogP contribution is -2.29. The van der Waals surface area contributed by atoms with Crippen LogP contribution in [0.15, 0.2) is 59.5 Å². The molecular formula is C18H20O5S. The molecule has 0 radical (unpaired) electrons. The molecule has 0 spiro atoms. The van der Waals surface area contributed by atoms with Crippen LogP contribution in [0.5, 0.6) is 0 Å². The van der Waals surface area contributed by atoms with Gasteiger partial charge < -0.3 is 9.47 Å². The fourth-order valence-corrected chi connectivity index (χ4v) is 3.57. The highest BCUT2D eigenvalue weighted by Gasteiger charge is 2.38. The molecule has 0 bridgehead atoms. The second-order valence-corrected chi connectivity index (χ2v) is 7.27. The summed E-state index contributed by atoms with van der Waals surface area (Å²) in [6.45, 7) is 2.82. The molecule has 0 saturated carbocycles. The van der Waals surface area contributed by atoms with Crippen LogP contribution in [0.4, 0.5) is 0 Å². The van der Waals surface area contributed by atoms with Crippen molar-refractivity contribution in [3.63, 3.8) is 0 Å². The fraction of sp³-hybridized carbons (Fsp3) is 0.333. The Bertz CT molecular complexity index is 763. The molecule has 0 N–H and O–H groups in total. The van der Waals surface area contributed by atoms with E-state index in [2.05, 4.69) is 0 Å². The van der Waals surface area contributed by atoms with Crippen LogP contribution in [0, 0.1) is 6.92 Å². The number of hydrogen-bond donors (Lipinski definition) is 0. The van der Waals surface area contributed by atoms with Crippen molar-refractivity contribution in [3.8, 4) is 0 Å². The van der Waals surface area contributed by atoms with E-state index in [0.29, 0.717) is 19.6 Å². The van der Waals surface area contributed by atoms with Gasteiger partial charge in [0.25, 0.3) is 10.1 Å². The zero-order valence-electron chi connectivity index (χ0n) is 13.5. The van der Waals surface area contributed by atoms with Crippen LogP contribution in [-0.2, 0) is 29.6 Å². The molecule has 6 heteroatoms. The highest BCUT2D eigenvalue weighted by Crippen LogP contribution is 2.35. The molecule has 1 aliphatic rings. The van der Waals surface area contributed by atoms with Crippen molar-refractivity contribution in [2.24, 2.45) is 0 Å². The van der Waals surface area contributed by atoms with E-state index in [-0.39, 0.29) is 11.5 Å². The Hall–Kier alpha value is -1.73. The number of aryl methyl sites for hydroxylation is 1. The van der Waals surface area contributed by atoms with E-state index in [1.165, 1.54) is 0 Å². The van der Waals surface area contributed by atoms with Gasteiger partial charge in [-0.2, -0.15) is 8.42 Å². The van der Waals surface area contributed by atoms with E-state index >= 15 is 0 Å². The number of benzene rings is 2. The lowest BCUT2D eigenvalue weighted by atomic mass is 10.0. The first-order chi connectivity index (χ1) is 11.5. The second-order valence-electron chi connectivity index (χ2n) is 5.66. The largest absolute Gasteiger partial charge is 0.343 e. The molecule has 1 saturated heterocycles. The summed E-state index contributed by atoms with van der Waals surface area (Å²) in [5.41, 5.74) is 1.85. The minimum atomic E-state index is -3.79. The Morgan fingerprint density at radius 2 is 1.62 bits per heavy atom. The molecule has 0 atom stereocenters. The van der Waals surface area contributed by atoms with Gasteiger partial charge in [-0.05, 0) is 19.1 Å². The monoisotopic (exact) mass is 348 g/mol. The molecule has 2 aromatic rings. The average Bonchev–Trinajstić information content (AvgIpc) is 3.06. The molecule has 5 nitrogen and oxygen atoms in total. The van der Waals surface area contributed by atoms with E-state index < -0.39 is 15.9 Å². The molecule has 2 aromatic carbocycles. The van der Waals surface area contributed by atoms with Crippen molar-refractivity contribution in [1.82, 2.24) is 0 Å². The summed E-state index contributed by atoms with van der Waals surface area (Å²) in [6, 6.07) is 16.1. The van der Waals surface area contributed by atoms with Crippen LogP contribution in [0.3, 0.4) is 0 Å². The molecule has 0 aliphatic carbocycles. The lowest BCUT2D eigenvalue weighted by molar-refractivity contribution is -0.174. The van der Waals surface area contributed by atoms with Crippen LogP contribution in [0.2, 0.25) is 0 Å². The first kappa shape index (κ1) is 17.1. The minimum Gasteiger partial charge on any atom is -0.343 e. The van der Waals surface area contributed by atoms with Gasteiger partial charge in [0.2, 0.25) is 0 Å². The summed E-state index contributed by atoms with van der Waals surface area (Å²) in [7, 11) is -3.79. The van der Waals surface area contributed by atoms with Crippen molar-refractivity contribution in [3.05, 3.63) is 65.7 Å². The smallest absolute Gasteiger partial charge is 0.296 e. The van der Waals surface area contributed by atoms with Gasteiger partial charge in [0.05, 0.1) is 24.7 Å². The first-order valence-electron chi connectivity index (χ1n) is 7.81. The van der Waals surface area contributed by atoms with Crippen molar-refractivity contribution < 1.29 is 22.1 Å². The summed E-state index contributed by atoms with van der Waals surface area (Å²) >= 11 is 0. The Labute approximate surface area is 142 Å². The van der Waals surface area contributed by atoms with Crippen LogP contribution in [0.1, 0.15) is 17.5 Å². The van der Waals surface area contributed by atoms with Gasteiger partial charge in [0.1, 0.15) is 0 Å². The SMILES string of the molecule is Cc1ccc(S(=O)(=O)OCCC2(c3ccccc3)OCCO2)cc1. The third kappa shape index (κ3) is 3.67. The van der Waals surface area contributed by atoms with Crippen molar-refractivity contribution in [1.29, 1.82) is 0 Å².